The molecule has 0 saturated carbocycles. The second-order valence-corrected chi connectivity index (χ2v) is 4.38. The number of ether oxygens (including phenoxy) is 1. The molecule has 114 valence electrons. The van der Waals surface area contributed by atoms with E-state index in [4.69, 9.17) is 0 Å². The van der Waals surface area contributed by atoms with Crippen LogP contribution in [0.15, 0.2) is 36.5 Å². The molecule has 22 heavy (non-hydrogen) atoms. The minimum Gasteiger partial charge on any atom is -0.465 e. The molecule has 0 spiro atoms. The summed E-state index contributed by atoms with van der Waals surface area (Å²) in [5, 5.41) is 6.50. The number of hydrogen-bond donors (Lipinski definition) is 1. The van der Waals surface area contributed by atoms with E-state index in [9.17, 15) is 14.4 Å². The van der Waals surface area contributed by atoms with Crippen molar-refractivity contribution in [3.63, 3.8) is 0 Å². The molecule has 0 bridgehead atoms. The van der Waals surface area contributed by atoms with E-state index in [1.54, 1.807) is 31.2 Å². The molecule has 1 N–H and O–H groups in total. The van der Waals surface area contributed by atoms with Crippen molar-refractivity contribution in [2.45, 2.75) is 13.3 Å². The number of amides is 1. The van der Waals surface area contributed by atoms with Crippen molar-refractivity contribution in [2.24, 2.45) is 0 Å². The molecule has 2 rings (SSSR count). The Kier molecular flexibility index (Phi) is 4.67. The number of nitrogens with one attached hydrogen (secondary N) is 1. The van der Waals surface area contributed by atoms with Crippen LogP contribution in [-0.2, 0) is 4.74 Å². The maximum atomic E-state index is 12.2. The molecule has 1 aromatic carbocycles. The number of aromatic nitrogens is 2. The van der Waals surface area contributed by atoms with E-state index >= 15 is 0 Å². The first kappa shape index (κ1) is 15.4. The number of carbonyl (C=O) groups excluding carboxylic acids is 3. The van der Waals surface area contributed by atoms with Crippen LogP contribution in [0.25, 0.3) is 0 Å². The van der Waals surface area contributed by atoms with Gasteiger partial charge in [-0.05, 0) is 18.2 Å². The molecule has 0 atom stereocenters. The average molecular weight is 301 g/mol. The summed E-state index contributed by atoms with van der Waals surface area (Å²) in [6.45, 7) is 1.70. The molecule has 7 heteroatoms. The minimum absolute atomic E-state index is 0.0847. The van der Waals surface area contributed by atoms with Gasteiger partial charge in [0.25, 0.3) is 5.91 Å². The van der Waals surface area contributed by atoms with Crippen molar-refractivity contribution in [1.82, 2.24) is 9.78 Å². The summed E-state index contributed by atoms with van der Waals surface area (Å²) in [6, 6.07) is 7.90. The first-order chi connectivity index (χ1) is 10.6. The number of rotatable bonds is 4. The SMILES string of the molecule is CCC(=O)n1ccc(C(=O)Nc2ccccc2C(=O)OC)n1. The summed E-state index contributed by atoms with van der Waals surface area (Å²) in [4.78, 5) is 35.3. The minimum atomic E-state index is -0.553. The van der Waals surface area contributed by atoms with E-state index in [-0.39, 0.29) is 23.6 Å². The molecule has 7 nitrogen and oxygen atoms in total. The van der Waals surface area contributed by atoms with E-state index in [1.165, 1.54) is 19.4 Å². The van der Waals surface area contributed by atoms with Gasteiger partial charge in [-0.1, -0.05) is 19.1 Å². The Labute approximate surface area is 126 Å². The Hall–Kier alpha value is -2.96. The van der Waals surface area contributed by atoms with Crippen LogP contribution in [0.1, 0.15) is 39.0 Å². The number of hydrogen-bond acceptors (Lipinski definition) is 5. The molecule has 2 aromatic rings. The molecule has 0 aliphatic rings. The van der Waals surface area contributed by atoms with Crippen LogP contribution in [0.4, 0.5) is 5.69 Å². The van der Waals surface area contributed by atoms with Gasteiger partial charge < -0.3 is 10.1 Å². The Morgan fingerprint density at radius 1 is 1.23 bits per heavy atom. The topological polar surface area (TPSA) is 90.3 Å². The molecule has 0 unspecified atom stereocenters. The third-order valence-corrected chi connectivity index (χ3v) is 2.96. The number of nitrogens with zero attached hydrogens (tertiary/aromatic N) is 2. The van der Waals surface area contributed by atoms with Crippen LogP contribution in [0.2, 0.25) is 0 Å². The van der Waals surface area contributed by atoms with Crippen molar-refractivity contribution in [1.29, 1.82) is 0 Å². The zero-order valence-electron chi connectivity index (χ0n) is 12.2. The van der Waals surface area contributed by atoms with E-state index in [0.717, 1.165) is 4.68 Å². The Morgan fingerprint density at radius 3 is 2.64 bits per heavy atom. The molecule has 0 radical (unpaired) electrons. The van der Waals surface area contributed by atoms with E-state index in [2.05, 4.69) is 15.2 Å². The van der Waals surface area contributed by atoms with Gasteiger partial charge in [0.1, 0.15) is 0 Å². The molecular formula is C15H15N3O4. The number of benzene rings is 1. The van der Waals surface area contributed by atoms with Gasteiger partial charge in [0.05, 0.1) is 18.4 Å². The summed E-state index contributed by atoms with van der Waals surface area (Å²) < 4.78 is 5.77. The van der Waals surface area contributed by atoms with Gasteiger partial charge in [0.15, 0.2) is 5.69 Å². The average Bonchev–Trinajstić information content (AvgIpc) is 3.04. The third kappa shape index (κ3) is 3.20. The number of methoxy groups -OCH3 is 1. The highest BCUT2D eigenvalue weighted by molar-refractivity contribution is 6.07. The highest BCUT2D eigenvalue weighted by Crippen LogP contribution is 2.16. The Balaban J connectivity index is 2.21. The first-order valence-electron chi connectivity index (χ1n) is 6.64. The van der Waals surface area contributed by atoms with Crippen molar-refractivity contribution < 1.29 is 19.1 Å². The normalized spacial score (nSPS) is 10.1. The van der Waals surface area contributed by atoms with Crippen LogP contribution < -0.4 is 5.32 Å². The van der Waals surface area contributed by atoms with Crippen LogP contribution in [-0.4, -0.2) is 34.7 Å². The molecule has 1 aromatic heterocycles. The van der Waals surface area contributed by atoms with E-state index in [0.29, 0.717) is 5.69 Å². The van der Waals surface area contributed by atoms with Gasteiger partial charge in [-0.25, -0.2) is 9.48 Å². The summed E-state index contributed by atoms with van der Waals surface area (Å²) in [7, 11) is 1.26. The molecule has 1 amide bonds. The van der Waals surface area contributed by atoms with Crippen molar-refractivity contribution in [3.05, 3.63) is 47.8 Å². The van der Waals surface area contributed by atoms with Gasteiger partial charge in [0, 0.05) is 12.6 Å². The largest absolute Gasteiger partial charge is 0.465 e. The van der Waals surface area contributed by atoms with Gasteiger partial charge in [-0.2, -0.15) is 5.10 Å². The molecule has 1 heterocycles. The van der Waals surface area contributed by atoms with Gasteiger partial charge in [0.2, 0.25) is 5.91 Å². The Morgan fingerprint density at radius 2 is 1.95 bits per heavy atom. The summed E-state index contributed by atoms with van der Waals surface area (Å²) in [5.41, 5.74) is 0.639. The number of para-hydroxylation sites is 1. The maximum Gasteiger partial charge on any atom is 0.339 e. The monoisotopic (exact) mass is 301 g/mol. The lowest BCUT2D eigenvalue weighted by Gasteiger charge is -2.08. The van der Waals surface area contributed by atoms with Gasteiger partial charge in [-0.3, -0.25) is 9.59 Å². The summed E-state index contributed by atoms with van der Waals surface area (Å²) >= 11 is 0. The predicted octanol–water partition coefficient (Wildman–Crippen LogP) is 1.97. The maximum absolute atomic E-state index is 12.2. The predicted molar refractivity (Wildman–Crippen MR) is 78.9 cm³/mol. The number of carbonyl (C=O) groups is 3. The zero-order valence-corrected chi connectivity index (χ0v) is 12.2. The lowest BCUT2D eigenvalue weighted by Crippen LogP contribution is -2.17. The smallest absolute Gasteiger partial charge is 0.339 e. The lowest BCUT2D eigenvalue weighted by molar-refractivity contribution is 0.0601. The fourth-order valence-corrected chi connectivity index (χ4v) is 1.81. The van der Waals surface area contributed by atoms with E-state index in [1.807, 2.05) is 0 Å². The fraction of sp³-hybridized carbons (Fsp3) is 0.200. The van der Waals surface area contributed by atoms with E-state index < -0.39 is 11.9 Å². The van der Waals surface area contributed by atoms with Crippen LogP contribution in [0.3, 0.4) is 0 Å². The quantitative estimate of drug-likeness (QED) is 0.872. The molecule has 0 aliphatic carbocycles. The summed E-state index contributed by atoms with van der Waals surface area (Å²) in [6.07, 6.45) is 1.71. The Bertz CT molecular complexity index is 721. The van der Waals surface area contributed by atoms with Crippen molar-refractivity contribution in [2.75, 3.05) is 12.4 Å². The second-order valence-electron chi connectivity index (χ2n) is 4.38. The number of esters is 1. The van der Waals surface area contributed by atoms with Crippen molar-refractivity contribution >= 4 is 23.5 Å². The van der Waals surface area contributed by atoms with Crippen LogP contribution in [0, 0.1) is 0 Å². The summed E-state index contributed by atoms with van der Waals surface area (Å²) in [5.74, 6) is -1.28. The molecular weight excluding hydrogens is 286 g/mol. The highest BCUT2D eigenvalue weighted by Gasteiger charge is 2.16. The third-order valence-electron chi connectivity index (χ3n) is 2.96. The molecule has 0 saturated heterocycles. The lowest BCUT2D eigenvalue weighted by atomic mass is 10.1. The van der Waals surface area contributed by atoms with Crippen molar-refractivity contribution in [3.8, 4) is 0 Å². The van der Waals surface area contributed by atoms with Crippen LogP contribution >= 0.6 is 0 Å². The zero-order chi connectivity index (χ0) is 16.1. The molecule has 0 aliphatic heterocycles. The second kappa shape index (κ2) is 6.66. The van der Waals surface area contributed by atoms with Gasteiger partial charge >= 0.3 is 5.97 Å². The van der Waals surface area contributed by atoms with Crippen LogP contribution in [0.5, 0.6) is 0 Å². The highest BCUT2D eigenvalue weighted by atomic mass is 16.5. The molecule has 0 fully saturated rings. The standard InChI is InChI=1S/C15H15N3O4/c1-3-13(19)18-9-8-12(17-18)14(20)16-11-7-5-4-6-10(11)15(21)22-2/h4-9H,3H2,1-2H3,(H,16,20). The fourth-order valence-electron chi connectivity index (χ4n) is 1.81. The van der Waals surface area contributed by atoms with Gasteiger partial charge in [-0.15, -0.1) is 0 Å². The number of anilines is 1. The first-order valence-corrected chi connectivity index (χ1v) is 6.64.